The molecule has 3 aromatic rings. The predicted molar refractivity (Wildman–Crippen MR) is 95.9 cm³/mol. The van der Waals surface area contributed by atoms with Gasteiger partial charge in [0, 0.05) is 11.6 Å². The number of rotatable bonds is 3. The smallest absolute Gasteiger partial charge is 0.327 e. The number of imidazole rings is 1. The second-order valence-electron chi connectivity index (χ2n) is 6.60. The van der Waals surface area contributed by atoms with Crippen LogP contribution < -0.4 is 11.4 Å². The molecule has 8 heteroatoms. The van der Waals surface area contributed by atoms with E-state index < -0.39 is 5.91 Å². The van der Waals surface area contributed by atoms with Crippen LogP contribution in [-0.2, 0) is 0 Å². The quantitative estimate of drug-likeness (QED) is 0.664. The number of carbonyl (C=O) groups is 1. The second-order valence-corrected chi connectivity index (χ2v) is 6.60. The van der Waals surface area contributed by atoms with E-state index in [1.807, 2.05) is 0 Å². The Kier molecular flexibility index (Phi) is 3.95. The van der Waals surface area contributed by atoms with Gasteiger partial charge in [-0.2, -0.15) is 0 Å². The van der Waals surface area contributed by atoms with E-state index in [1.165, 1.54) is 12.1 Å². The van der Waals surface area contributed by atoms with E-state index in [2.05, 4.69) is 15.0 Å². The van der Waals surface area contributed by atoms with Gasteiger partial charge in [0.2, 0.25) is 0 Å². The number of hydrogen-bond donors (Lipinski definition) is 3. The van der Waals surface area contributed by atoms with Crippen LogP contribution in [0.4, 0.5) is 0 Å². The summed E-state index contributed by atoms with van der Waals surface area (Å²) in [6.07, 6.45) is 5.05. The summed E-state index contributed by atoms with van der Waals surface area (Å²) < 4.78 is 1.62. The number of aromatic hydroxyl groups is 1. The molecular weight excluding hydrogens is 334 g/mol. The van der Waals surface area contributed by atoms with Crippen molar-refractivity contribution in [3.05, 3.63) is 40.4 Å². The van der Waals surface area contributed by atoms with E-state index in [4.69, 9.17) is 5.73 Å². The minimum Gasteiger partial charge on any atom is -0.508 e. The number of nitrogens with one attached hydrogen (secondary N) is 1. The van der Waals surface area contributed by atoms with Crippen LogP contribution in [-0.4, -0.2) is 30.5 Å². The molecule has 1 aliphatic carbocycles. The highest BCUT2D eigenvalue weighted by molar-refractivity contribution is 6.01. The van der Waals surface area contributed by atoms with Gasteiger partial charge in [-0.1, -0.05) is 31.4 Å². The van der Waals surface area contributed by atoms with Crippen LogP contribution in [0, 0.1) is 0 Å². The lowest BCUT2D eigenvalue weighted by molar-refractivity contribution is 0.0997. The molecule has 26 heavy (non-hydrogen) atoms. The Labute approximate surface area is 148 Å². The van der Waals surface area contributed by atoms with Gasteiger partial charge in [-0.05, 0) is 25.0 Å². The number of phenolic OH excluding ortho intramolecular Hbond substituents is 1. The lowest BCUT2D eigenvalue weighted by Crippen LogP contribution is -2.24. The third-order valence-corrected chi connectivity index (χ3v) is 4.85. The van der Waals surface area contributed by atoms with E-state index in [9.17, 15) is 14.7 Å². The van der Waals surface area contributed by atoms with Crippen LogP contribution in [0.2, 0.25) is 0 Å². The molecule has 0 bridgehead atoms. The summed E-state index contributed by atoms with van der Waals surface area (Å²) >= 11 is 0. The van der Waals surface area contributed by atoms with Crippen molar-refractivity contribution < 1.29 is 9.90 Å². The Hall–Kier alpha value is -3.16. The molecule has 0 aliphatic heterocycles. The molecule has 0 atom stereocenters. The van der Waals surface area contributed by atoms with Crippen LogP contribution in [0.1, 0.15) is 48.6 Å². The number of aromatic nitrogens is 4. The molecule has 0 unspecified atom stereocenters. The van der Waals surface area contributed by atoms with Gasteiger partial charge < -0.3 is 15.8 Å². The van der Waals surface area contributed by atoms with Gasteiger partial charge in [0.25, 0.3) is 5.91 Å². The molecule has 2 aromatic heterocycles. The monoisotopic (exact) mass is 353 g/mol. The number of phenols is 1. The second kappa shape index (κ2) is 6.29. The van der Waals surface area contributed by atoms with E-state index in [0.29, 0.717) is 11.2 Å². The number of hydrogen-bond acceptors (Lipinski definition) is 5. The molecule has 4 rings (SSSR count). The van der Waals surface area contributed by atoms with Crippen LogP contribution in [0.25, 0.3) is 22.6 Å². The minimum absolute atomic E-state index is 0.0278. The fraction of sp³-hybridized carbons (Fsp3) is 0.333. The Morgan fingerprint density at radius 3 is 2.69 bits per heavy atom. The number of amides is 1. The van der Waals surface area contributed by atoms with Gasteiger partial charge >= 0.3 is 5.69 Å². The first-order chi connectivity index (χ1) is 12.5. The molecule has 0 radical (unpaired) electrons. The summed E-state index contributed by atoms with van der Waals surface area (Å²) in [7, 11) is 0. The zero-order valence-electron chi connectivity index (χ0n) is 14.1. The maximum Gasteiger partial charge on any atom is 0.327 e. The molecule has 2 heterocycles. The van der Waals surface area contributed by atoms with E-state index >= 15 is 0 Å². The number of fused-ring (bicyclic) bond motifs is 1. The summed E-state index contributed by atoms with van der Waals surface area (Å²) in [5.41, 5.74) is 6.33. The lowest BCUT2D eigenvalue weighted by atomic mass is 9.95. The van der Waals surface area contributed by atoms with Crippen molar-refractivity contribution in [1.29, 1.82) is 0 Å². The third-order valence-electron chi connectivity index (χ3n) is 4.85. The van der Waals surface area contributed by atoms with Gasteiger partial charge in [-0.3, -0.25) is 9.36 Å². The van der Waals surface area contributed by atoms with E-state index in [0.717, 1.165) is 32.1 Å². The fourth-order valence-corrected chi connectivity index (χ4v) is 3.63. The maximum absolute atomic E-state index is 12.6. The van der Waals surface area contributed by atoms with Crippen molar-refractivity contribution in [1.82, 2.24) is 19.5 Å². The van der Waals surface area contributed by atoms with Crippen molar-refractivity contribution in [3.8, 4) is 17.1 Å². The topological polar surface area (TPSA) is 127 Å². The summed E-state index contributed by atoms with van der Waals surface area (Å²) in [5, 5.41) is 9.72. The van der Waals surface area contributed by atoms with Crippen LogP contribution in [0.15, 0.2) is 29.1 Å². The van der Waals surface area contributed by atoms with Crippen molar-refractivity contribution in [2.45, 2.75) is 38.1 Å². The SMILES string of the molecule is NC(=O)c1nc(-c2cccc(O)c2)nc2c1[nH]c(=O)n2C1CCCCC1. The number of carbonyl (C=O) groups excluding carboxylic acids is 1. The zero-order chi connectivity index (χ0) is 18.3. The van der Waals surface area contributed by atoms with Gasteiger partial charge in [0.05, 0.1) is 0 Å². The van der Waals surface area contributed by atoms with Crippen molar-refractivity contribution in [3.63, 3.8) is 0 Å². The largest absolute Gasteiger partial charge is 0.508 e. The lowest BCUT2D eigenvalue weighted by Gasteiger charge is -2.22. The van der Waals surface area contributed by atoms with Gasteiger partial charge in [-0.25, -0.2) is 14.8 Å². The average molecular weight is 353 g/mol. The highest BCUT2D eigenvalue weighted by Gasteiger charge is 2.24. The fourth-order valence-electron chi connectivity index (χ4n) is 3.63. The van der Waals surface area contributed by atoms with E-state index in [-0.39, 0.29) is 34.5 Å². The Bertz CT molecular complexity index is 1050. The normalized spacial score (nSPS) is 15.4. The minimum atomic E-state index is -0.740. The first kappa shape index (κ1) is 16.3. The van der Waals surface area contributed by atoms with Crippen molar-refractivity contribution in [2.24, 2.45) is 5.73 Å². The van der Waals surface area contributed by atoms with E-state index in [1.54, 1.807) is 16.7 Å². The third kappa shape index (κ3) is 2.73. The molecule has 134 valence electrons. The molecule has 1 saturated carbocycles. The number of nitrogens with two attached hydrogens (primary N) is 1. The number of nitrogens with zero attached hydrogens (tertiary/aromatic N) is 3. The highest BCUT2D eigenvalue weighted by atomic mass is 16.3. The summed E-state index contributed by atoms with van der Waals surface area (Å²) in [6, 6.07) is 6.46. The number of aromatic amines is 1. The Balaban J connectivity index is 1.98. The first-order valence-corrected chi connectivity index (χ1v) is 8.66. The van der Waals surface area contributed by atoms with Gasteiger partial charge in [-0.15, -0.1) is 0 Å². The van der Waals surface area contributed by atoms with Gasteiger partial charge in [0.15, 0.2) is 17.2 Å². The van der Waals surface area contributed by atoms with Crippen LogP contribution in [0.5, 0.6) is 5.75 Å². The summed E-state index contributed by atoms with van der Waals surface area (Å²) in [6.45, 7) is 0. The van der Waals surface area contributed by atoms with Crippen LogP contribution in [0.3, 0.4) is 0 Å². The molecule has 8 nitrogen and oxygen atoms in total. The number of H-pyrrole nitrogens is 1. The standard InChI is InChI=1S/C18H19N5O3/c19-15(25)13-14-17(22-16(20-13)10-5-4-8-12(24)9-10)23(18(26)21-14)11-6-2-1-3-7-11/h4-5,8-9,11,24H,1-3,6-7H2,(H2,19,25)(H,21,26). The van der Waals surface area contributed by atoms with Gasteiger partial charge in [0.1, 0.15) is 11.3 Å². The summed E-state index contributed by atoms with van der Waals surface area (Å²) in [5.74, 6) is -0.438. The highest BCUT2D eigenvalue weighted by Crippen LogP contribution is 2.30. The van der Waals surface area contributed by atoms with Crippen LogP contribution >= 0.6 is 0 Å². The molecule has 0 saturated heterocycles. The Morgan fingerprint density at radius 1 is 1.23 bits per heavy atom. The molecule has 4 N–H and O–H groups in total. The average Bonchev–Trinajstić information content (AvgIpc) is 2.97. The van der Waals surface area contributed by atoms with Crippen molar-refractivity contribution in [2.75, 3.05) is 0 Å². The maximum atomic E-state index is 12.6. The summed E-state index contributed by atoms with van der Waals surface area (Å²) in [4.78, 5) is 35.9. The number of benzene rings is 1. The first-order valence-electron chi connectivity index (χ1n) is 8.66. The molecule has 0 spiro atoms. The molecule has 1 aromatic carbocycles. The predicted octanol–water partition coefficient (Wildman–Crippen LogP) is 2.10. The Morgan fingerprint density at radius 2 is 2.00 bits per heavy atom. The molecule has 1 amide bonds. The molecule has 1 fully saturated rings. The molecular formula is C18H19N5O3. The van der Waals surface area contributed by atoms with Crippen molar-refractivity contribution >= 4 is 17.1 Å². The number of primary amides is 1. The molecule has 1 aliphatic rings. The zero-order valence-corrected chi connectivity index (χ0v) is 14.1.